The van der Waals surface area contributed by atoms with Gasteiger partial charge in [0, 0.05) is 5.39 Å². The Bertz CT molecular complexity index is 1270. The summed E-state index contributed by atoms with van der Waals surface area (Å²) in [6.45, 7) is 0. The van der Waals surface area contributed by atoms with Crippen LogP contribution in [0.5, 0.6) is 5.75 Å². The van der Waals surface area contributed by atoms with E-state index in [1.54, 1.807) is 12.1 Å². The third-order valence-corrected chi connectivity index (χ3v) is 4.86. The second-order valence-electron chi connectivity index (χ2n) is 6.00. The highest BCUT2D eigenvalue weighted by Crippen LogP contribution is 2.37. The third-order valence-electron chi connectivity index (χ3n) is 4.48. The van der Waals surface area contributed by atoms with Crippen molar-refractivity contribution in [2.75, 3.05) is 7.11 Å². The van der Waals surface area contributed by atoms with E-state index in [-0.39, 0.29) is 32.8 Å². The van der Waals surface area contributed by atoms with E-state index >= 15 is 0 Å². The lowest BCUT2D eigenvalue weighted by molar-refractivity contribution is -0.383. The lowest BCUT2D eigenvalue weighted by atomic mass is 10.0. The van der Waals surface area contributed by atoms with Crippen molar-refractivity contribution < 1.29 is 9.66 Å². The Balaban J connectivity index is 2.11. The number of aromatic amines is 1. The summed E-state index contributed by atoms with van der Waals surface area (Å²) in [6.07, 6.45) is 0. The fraction of sp³-hybridized carbons (Fsp3) is 0.0500. The van der Waals surface area contributed by atoms with Crippen LogP contribution in [0.15, 0.2) is 59.4 Å². The van der Waals surface area contributed by atoms with Crippen molar-refractivity contribution in [1.82, 2.24) is 4.98 Å². The predicted octanol–water partition coefficient (Wildman–Crippen LogP) is 4.92. The first-order valence-electron chi connectivity index (χ1n) is 8.07. The molecule has 0 amide bonds. The second-order valence-corrected chi connectivity index (χ2v) is 6.38. The maximum Gasteiger partial charge on any atom is 0.297 e. The van der Waals surface area contributed by atoms with Crippen LogP contribution >= 0.6 is 11.6 Å². The topological polar surface area (TPSA) is 85.2 Å². The summed E-state index contributed by atoms with van der Waals surface area (Å²) in [7, 11) is 1.35. The minimum absolute atomic E-state index is 0.0441. The van der Waals surface area contributed by atoms with E-state index in [1.807, 2.05) is 36.4 Å². The molecule has 0 saturated carbocycles. The molecule has 27 heavy (non-hydrogen) atoms. The van der Waals surface area contributed by atoms with Gasteiger partial charge in [-0.2, -0.15) is 0 Å². The third kappa shape index (κ3) is 2.71. The summed E-state index contributed by atoms with van der Waals surface area (Å²) in [5.41, 5.74) is 1.79. The number of pyridine rings is 1. The van der Waals surface area contributed by atoms with Gasteiger partial charge in [0.15, 0.2) is 5.43 Å². The molecule has 1 heterocycles. The van der Waals surface area contributed by atoms with Crippen molar-refractivity contribution in [3.05, 3.63) is 80.0 Å². The molecule has 0 bridgehead atoms. The molecular formula is C20H13ClN2O4. The number of nitro benzene ring substituents is 1. The number of hydrogen-bond donors (Lipinski definition) is 1. The van der Waals surface area contributed by atoms with Crippen molar-refractivity contribution >= 4 is 39.1 Å². The number of nitrogens with one attached hydrogen (secondary N) is 1. The van der Waals surface area contributed by atoms with Gasteiger partial charge in [-0.25, -0.2) is 0 Å². The van der Waals surface area contributed by atoms with E-state index < -0.39 is 4.92 Å². The maximum atomic E-state index is 13.0. The minimum atomic E-state index is -0.565. The monoisotopic (exact) mass is 380 g/mol. The number of ether oxygens (including phenoxy) is 1. The van der Waals surface area contributed by atoms with Gasteiger partial charge in [-0.05, 0) is 23.3 Å². The smallest absolute Gasteiger partial charge is 0.297 e. The van der Waals surface area contributed by atoms with Crippen LogP contribution < -0.4 is 10.2 Å². The van der Waals surface area contributed by atoms with Gasteiger partial charge in [-0.1, -0.05) is 48.0 Å². The summed E-state index contributed by atoms with van der Waals surface area (Å²) >= 11 is 6.28. The molecular weight excluding hydrogens is 368 g/mol. The van der Waals surface area contributed by atoms with Gasteiger partial charge < -0.3 is 9.72 Å². The van der Waals surface area contributed by atoms with E-state index in [0.717, 1.165) is 11.1 Å². The Kier molecular flexibility index (Phi) is 4.05. The van der Waals surface area contributed by atoms with Gasteiger partial charge >= 0.3 is 0 Å². The predicted molar refractivity (Wildman–Crippen MR) is 106 cm³/mol. The van der Waals surface area contributed by atoms with Crippen molar-refractivity contribution in [3.8, 4) is 16.9 Å². The number of hydrogen-bond acceptors (Lipinski definition) is 4. The largest absolute Gasteiger partial charge is 0.495 e. The molecule has 7 heteroatoms. The minimum Gasteiger partial charge on any atom is -0.495 e. The highest BCUT2D eigenvalue weighted by atomic mass is 35.5. The Morgan fingerprint density at radius 2 is 1.81 bits per heavy atom. The zero-order valence-electron chi connectivity index (χ0n) is 14.2. The average Bonchev–Trinajstić information content (AvgIpc) is 2.68. The number of non-ortho nitro benzene ring substituents is 1. The van der Waals surface area contributed by atoms with Crippen LogP contribution in [0.4, 0.5) is 5.69 Å². The Hall–Kier alpha value is -3.38. The summed E-state index contributed by atoms with van der Waals surface area (Å²) < 4.78 is 5.10. The SMILES string of the molecule is COc1cc([N+](=O)[O-])c2[nH]c3cc(-c4ccccc4)ccc3c(=O)c2c1Cl. The quantitative estimate of drug-likeness (QED) is 0.310. The Morgan fingerprint density at radius 1 is 1.07 bits per heavy atom. The van der Waals surface area contributed by atoms with Crippen molar-refractivity contribution in [2.45, 2.75) is 0 Å². The van der Waals surface area contributed by atoms with Crippen LogP contribution in [0.3, 0.4) is 0 Å². The Morgan fingerprint density at radius 3 is 2.48 bits per heavy atom. The van der Waals surface area contributed by atoms with Crippen LogP contribution in [0.25, 0.3) is 32.9 Å². The van der Waals surface area contributed by atoms with Crippen LogP contribution in [0.2, 0.25) is 5.02 Å². The first kappa shape index (κ1) is 17.1. The highest BCUT2D eigenvalue weighted by Gasteiger charge is 2.23. The number of benzene rings is 3. The molecule has 0 aliphatic heterocycles. The summed E-state index contributed by atoms with van der Waals surface area (Å²) in [5.74, 6) is 0.0848. The number of rotatable bonds is 3. The fourth-order valence-corrected chi connectivity index (χ4v) is 3.49. The number of aromatic nitrogens is 1. The van der Waals surface area contributed by atoms with Crippen LogP contribution in [-0.4, -0.2) is 17.0 Å². The van der Waals surface area contributed by atoms with Crippen LogP contribution in [0.1, 0.15) is 0 Å². The summed E-state index contributed by atoms with van der Waals surface area (Å²) in [6, 6.07) is 16.2. The van der Waals surface area contributed by atoms with Gasteiger partial charge in [-0.3, -0.25) is 14.9 Å². The maximum absolute atomic E-state index is 13.0. The first-order chi connectivity index (χ1) is 13.0. The molecule has 4 rings (SSSR count). The van der Waals surface area contributed by atoms with Crippen LogP contribution in [0, 0.1) is 10.1 Å². The summed E-state index contributed by atoms with van der Waals surface area (Å²) in [5, 5.41) is 12.0. The molecule has 1 N–H and O–H groups in total. The molecule has 0 radical (unpaired) electrons. The second kappa shape index (κ2) is 6.41. The molecule has 4 aromatic rings. The average molecular weight is 381 g/mol. The number of H-pyrrole nitrogens is 1. The fourth-order valence-electron chi connectivity index (χ4n) is 3.18. The molecule has 0 atom stereocenters. The van der Waals surface area contributed by atoms with E-state index in [2.05, 4.69) is 4.98 Å². The summed E-state index contributed by atoms with van der Waals surface area (Å²) in [4.78, 5) is 27.0. The van der Waals surface area contributed by atoms with E-state index in [0.29, 0.717) is 10.9 Å². The lowest BCUT2D eigenvalue weighted by Crippen LogP contribution is -2.07. The van der Waals surface area contributed by atoms with Gasteiger partial charge in [0.1, 0.15) is 11.3 Å². The van der Waals surface area contributed by atoms with Crippen molar-refractivity contribution in [3.63, 3.8) is 0 Å². The standard InChI is InChI=1S/C20H13ClN2O4/c1-27-16-10-15(23(25)26)19-17(18(16)21)20(24)13-8-7-12(9-14(13)22-19)11-5-3-2-4-6-11/h2-10H,1H3,(H,22,24). The number of nitrogens with zero attached hydrogens (tertiary/aromatic N) is 1. The van der Waals surface area contributed by atoms with E-state index in [9.17, 15) is 14.9 Å². The molecule has 0 saturated heterocycles. The normalized spacial score (nSPS) is 11.0. The molecule has 1 aromatic heterocycles. The molecule has 0 unspecified atom stereocenters. The molecule has 134 valence electrons. The molecule has 6 nitrogen and oxygen atoms in total. The lowest BCUT2D eigenvalue weighted by Gasteiger charge is -2.10. The molecule has 0 aliphatic carbocycles. The number of halogens is 1. The molecule has 0 spiro atoms. The molecule has 0 aliphatic rings. The zero-order valence-corrected chi connectivity index (χ0v) is 14.9. The van der Waals surface area contributed by atoms with E-state index in [4.69, 9.17) is 16.3 Å². The van der Waals surface area contributed by atoms with Crippen molar-refractivity contribution in [2.24, 2.45) is 0 Å². The van der Waals surface area contributed by atoms with Gasteiger partial charge in [0.05, 0.1) is 34.0 Å². The number of methoxy groups -OCH3 is 1. The number of nitro groups is 1. The zero-order chi connectivity index (χ0) is 19.1. The highest BCUT2D eigenvalue weighted by molar-refractivity contribution is 6.37. The molecule has 3 aromatic carbocycles. The van der Waals surface area contributed by atoms with Crippen LogP contribution in [-0.2, 0) is 0 Å². The van der Waals surface area contributed by atoms with Gasteiger partial charge in [0.25, 0.3) is 5.69 Å². The van der Waals surface area contributed by atoms with Gasteiger partial charge in [0.2, 0.25) is 0 Å². The molecule has 0 fully saturated rings. The Labute approximate surface area is 158 Å². The van der Waals surface area contributed by atoms with Gasteiger partial charge in [-0.15, -0.1) is 0 Å². The van der Waals surface area contributed by atoms with Crippen molar-refractivity contribution in [1.29, 1.82) is 0 Å². The van der Waals surface area contributed by atoms with E-state index in [1.165, 1.54) is 13.2 Å². The first-order valence-corrected chi connectivity index (χ1v) is 8.45. The number of fused-ring (bicyclic) bond motifs is 2.